The first-order chi connectivity index (χ1) is 12.3. The summed E-state index contributed by atoms with van der Waals surface area (Å²) in [5, 5.41) is 15.1. The molecule has 2 aromatic carbocycles. The van der Waals surface area contributed by atoms with Crippen molar-refractivity contribution in [1.82, 2.24) is 0 Å². The van der Waals surface area contributed by atoms with Gasteiger partial charge >= 0.3 is 5.97 Å². The van der Waals surface area contributed by atoms with Crippen molar-refractivity contribution < 1.29 is 18.3 Å². The van der Waals surface area contributed by atoms with Crippen LogP contribution in [0.25, 0.3) is 0 Å². The highest BCUT2D eigenvalue weighted by molar-refractivity contribution is 7.93. The number of nitrogens with zero attached hydrogens (tertiary/aromatic N) is 2. The number of thiocarbonyl (C=S) groups is 1. The molecule has 0 bridgehead atoms. The van der Waals surface area contributed by atoms with E-state index in [-0.39, 0.29) is 10.6 Å². The average Bonchev–Trinajstić information content (AvgIpc) is 2.61. The zero-order chi connectivity index (χ0) is 19.3. The largest absolute Gasteiger partial charge is 0.480 e. The fourth-order valence-corrected chi connectivity index (χ4v) is 3.92. The van der Waals surface area contributed by atoms with Gasteiger partial charge in [0, 0.05) is 0 Å². The van der Waals surface area contributed by atoms with Crippen LogP contribution in [0.3, 0.4) is 0 Å². The number of benzene rings is 2. The van der Waals surface area contributed by atoms with Crippen molar-refractivity contribution in [1.29, 1.82) is 0 Å². The summed E-state index contributed by atoms with van der Waals surface area (Å²) in [5.41, 5.74) is 4.29. The van der Waals surface area contributed by atoms with Gasteiger partial charge in [-0.05, 0) is 62.5 Å². The van der Waals surface area contributed by atoms with Gasteiger partial charge in [0.2, 0.25) is 0 Å². The maximum absolute atomic E-state index is 13.1. The Bertz CT molecular complexity index is 935. The Hall–Kier alpha value is -2.74. The lowest BCUT2D eigenvalue weighted by atomic mass is 10.2. The van der Waals surface area contributed by atoms with Gasteiger partial charge < -0.3 is 5.11 Å². The van der Waals surface area contributed by atoms with E-state index in [1.54, 1.807) is 24.3 Å². The van der Waals surface area contributed by atoms with Crippen molar-refractivity contribution in [3.63, 3.8) is 0 Å². The van der Waals surface area contributed by atoms with Crippen LogP contribution >= 0.6 is 12.2 Å². The summed E-state index contributed by atoms with van der Waals surface area (Å²) in [5.74, 6) is -1.26. The first kappa shape index (κ1) is 19.6. The maximum atomic E-state index is 13.1. The summed E-state index contributed by atoms with van der Waals surface area (Å²) in [4.78, 5) is 11.5. The van der Waals surface area contributed by atoms with Crippen molar-refractivity contribution in [3.8, 4) is 0 Å². The van der Waals surface area contributed by atoms with Crippen LogP contribution in [0.2, 0.25) is 0 Å². The maximum Gasteiger partial charge on any atom is 0.327 e. The van der Waals surface area contributed by atoms with Gasteiger partial charge in [0.25, 0.3) is 10.0 Å². The number of anilines is 2. The molecule has 0 aliphatic rings. The quantitative estimate of drug-likeness (QED) is 0.427. The lowest BCUT2D eigenvalue weighted by Crippen LogP contribution is -2.43. The Morgan fingerprint density at radius 2 is 1.77 bits per heavy atom. The molecular weight excluding hydrogens is 374 g/mol. The Morgan fingerprint density at radius 1 is 1.19 bits per heavy atom. The summed E-state index contributed by atoms with van der Waals surface area (Å²) in [6, 6.07) is 11.1. The molecule has 0 saturated carbocycles. The summed E-state index contributed by atoms with van der Waals surface area (Å²) < 4.78 is 27.0. The van der Waals surface area contributed by atoms with E-state index in [0.29, 0.717) is 5.69 Å². The van der Waals surface area contributed by atoms with Gasteiger partial charge in [-0.3, -0.25) is 9.73 Å². The number of sulfonamides is 1. The monoisotopic (exact) mass is 391 g/mol. The number of hydrogen-bond acceptors (Lipinski definition) is 6. The molecule has 0 heterocycles. The molecule has 0 aliphatic heterocycles. The van der Waals surface area contributed by atoms with Crippen molar-refractivity contribution in [2.24, 2.45) is 5.10 Å². The van der Waals surface area contributed by atoms with Crippen molar-refractivity contribution in [3.05, 3.63) is 54.1 Å². The zero-order valence-electron chi connectivity index (χ0n) is 14.1. The molecule has 0 aliphatic carbocycles. The molecule has 26 heavy (non-hydrogen) atoms. The minimum absolute atomic E-state index is 0.0173. The van der Waals surface area contributed by atoms with Crippen molar-refractivity contribution in [2.75, 3.05) is 9.73 Å². The highest BCUT2D eigenvalue weighted by atomic mass is 32.2. The Labute approximate surface area is 157 Å². The third-order valence-corrected chi connectivity index (χ3v) is 5.64. The normalized spacial score (nSPS) is 11.9. The fraction of sp³-hybridized carbons (Fsp3) is 0.176. The average molecular weight is 391 g/mol. The molecule has 2 aromatic rings. The lowest BCUT2D eigenvalue weighted by molar-refractivity contribution is -0.137. The molecule has 0 unspecified atom stereocenters. The van der Waals surface area contributed by atoms with Gasteiger partial charge in [-0.2, -0.15) is 0 Å². The third kappa shape index (κ3) is 4.26. The molecule has 9 heteroatoms. The second-order valence-corrected chi connectivity index (χ2v) is 7.49. The molecule has 0 spiro atoms. The fourth-order valence-electron chi connectivity index (χ4n) is 2.26. The topological polar surface area (TPSA) is 99.1 Å². The molecule has 0 aromatic heterocycles. The van der Waals surface area contributed by atoms with Crippen molar-refractivity contribution >= 4 is 44.7 Å². The molecule has 7 nitrogen and oxygen atoms in total. The number of rotatable bonds is 7. The number of carboxylic acids is 1. The van der Waals surface area contributed by atoms with Gasteiger partial charge in [-0.15, -0.1) is 5.10 Å². The van der Waals surface area contributed by atoms with Crippen LogP contribution in [0.4, 0.5) is 11.4 Å². The Kier molecular flexibility index (Phi) is 6.10. The molecule has 0 fully saturated rings. The second-order valence-electron chi connectivity index (χ2n) is 5.49. The second kappa shape index (κ2) is 8.09. The minimum Gasteiger partial charge on any atom is -0.480 e. The predicted molar refractivity (Wildman–Crippen MR) is 103 cm³/mol. The Morgan fingerprint density at radius 3 is 2.27 bits per heavy atom. The number of aliphatic carboxylic acids is 1. The van der Waals surface area contributed by atoms with E-state index in [1.165, 1.54) is 31.2 Å². The van der Waals surface area contributed by atoms with Crippen LogP contribution in [0, 0.1) is 6.92 Å². The zero-order valence-corrected chi connectivity index (χ0v) is 15.7. The molecule has 0 amide bonds. The molecular formula is C17H17N3O4S2. The number of aryl methyl sites for hydroxylation is 1. The summed E-state index contributed by atoms with van der Waals surface area (Å²) in [7, 11) is -4.07. The molecule has 2 N–H and O–H groups in total. The molecule has 2 rings (SSSR count). The molecule has 1 atom stereocenters. The standard InChI is InChI=1S/C17H17N3O4S2/c1-12-3-9-16(10-4-12)26(23,24)20(13(2)17(21)22)15-7-5-14(6-8-15)19-18-11-25/h3-10,13,19H,1-2H3,(H,21,22)/t13-/m0/s1. The predicted octanol–water partition coefficient (Wildman–Crippen LogP) is 3.09. The lowest BCUT2D eigenvalue weighted by Gasteiger charge is -2.28. The SMILES string of the molecule is Cc1ccc(S(=O)(=O)N(c2ccc(NN=C=S)cc2)[C@@H](C)C(=O)O)cc1. The third-order valence-electron chi connectivity index (χ3n) is 3.64. The number of hydrogen-bond donors (Lipinski definition) is 2. The van der Waals surface area contributed by atoms with Crippen LogP contribution in [0.1, 0.15) is 12.5 Å². The first-order valence-electron chi connectivity index (χ1n) is 7.54. The number of carboxylic acid groups (broad SMARTS) is 1. The van der Waals surface area contributed by atoms with Crippen LogP contribution in [-0.4, -0.2) is 30.7 Å². The molecule has 136 valence electrons. The van der Waals surface area contributed by atoms with Gasteiger partial charge in [-0.25, -0.2) is 13.2 Å². The van der Waals surface area contributed by atoms with Gasteiger partial charge in [0.05, 0.1) is 21.4 Å². The van der Waals surface area contributed by atoms with Crippen LogP contribution in [0.15, 0.2) is 58.5 Å². The van der Waals surface area contributed by atoms with E-state index in [9.17, 15) is 18.3 Å². The van der Waals surface area contributed by atoms with Gasteiger partial charge in [0.15, 0.2) is 0 Å². The van der Waals surface area contributed by atoms with E-state index in [0.717, 1.165) is 9.87 Å². The van der Waals surface area contributed by atoms with Gasteiger partial charge in [0.1, 0.15) is 6.04 Å². The first-order valence-corrected chi connectivity index (χ1v) is 9.39. The van der Waals surface area contributed by atoms with Gasteiger partial charge in [-0.1, -0.05) is 17.7 Å². The van der Waals surface area contributed by atoms with E-state index < -0.39 is 22.0 Å². The van der Waals surface area contributed by atoms with Crippen LogP contribution < -0.4 is 9.73 Å². The van der Waals surface area contributed by atoms with Crippen LogP contribution in [-0.2, 0) is 14.8 Å². The van der Waals surface area contributed by atoms with E-state index in [2.05, 4.69) is 27.9 Å². The number of nitrogens with one attached hydrogen (secondary N) is 1. The summed E-state index contributed by atoms with van der Waals surface area (Å²) in [6.45, 7) is 3.15. The van der Waals surface area contributed by atoms with E-state index >= 15 is 0 Å². The van der Waals surface area contributed by atoms with E-state index in [4.69, 9.17) is 0 Å². The number of hydrazone groups is 1. The Balaban J connectivity index is 2.51. The highest BCUT2D eigenvalue weighted by Gasteiger charge is 2.33. The highest BCUT2D eigenvalue weighted by Crippen LogP contribution is 2.28. The minimum atomic E-state index is -4.07. The van der Waals surface area contributed by atoms with Crippen molar-refractivity contribution in [2.45, 2.75) is 24.8 Å². The van der Waals surface area contributed by atoms with E-state index in [1.807, 2.05) is 6.92 Å². The number of carbonyl (C=O) groups is 1. The summed E-state index contributed by atoms with van der Waals surface area (Å²) in [6.07, 6.45) is 0. The summed E-state index contributed by atoms with van der Waals surface area (Å²) >= 11 is 4.46. The molecule has 0 saturated heterocycles. The van der Waals surface area contributed by atoms with Crippen LogP contribution in [0.5, 0.6) is 0 Å². The molecule has 0 radical (unpaired) electrons. The smallest absolute Gasteiger partial charge is 0.327 e. The number of isothiocyanates is 1.